The first-order valence-electron chi connectivity index (χ1n) is 8.42. The van der Waals surface area contributed by atoms with Crippen LogP contribution in [0.3, 0.4) is 0 Å². The van der Waals surface area contributed by atoms with Gasteiger partial charge in [0.15, 0.2) is 11.0 Å². The first kappa shape index (κ1) is 17.4. The number of ether oxygens (including phenoxy) is 1. The van der Waals surface area contributed by atoms with Crippen LogP contribution in [0.5, 0.6) is 5.75 Å². The summed E-state index contributed by atoms with van der Waals surface area (Å²) in [7, 11) is 3.61. The van der Waals surface area contributed by atoms with Gasteiger partial charge in [0.1, 0.15) is 17.2 Å². The highest BCUT2D eigenvalue weighted by molar-refractivity contribution is 7.98. The van der Waals surface area contributed by atoms with E-state index in [4.69, 9.17) is 9.26 Å². The number of hydrogen-bond acceptors (Lipinski definition) is 6. The first-order chi connectivity index (χ1) is 13.2. The van der Waals surface area contributed by atoms with Crippen molar-refractivity contribution in [3.05, 3.63) is 66.4 Å². The molecule has 4 aromatic rings. The molecule has 2 heterocycles. The molecule has 136 valence electrons. The Morgan fingerprint density at radius 2 is 1.78 bits per heavy atom. The predicted octanol–water partition coefficient (Wildman–Crippen LogP) is 4.44. The third-order valence-corrected chi connectivity index (χ3v) is 5.20. The van der Waals surface area contributed by atoms with Crippen LogP contribution in [0, 0.1) is 0 Å². The Morgan fingerprint density at radius 1 is 1.00 bits per heavy atom. The van der Waals surface area contributed by atoms with Gasteiger partial charge < -0.3 is 13.8 Å². The van der Waals surface area contributed by atoms with Gasteiger partial charge in [0.2, 0.25) is 0 Å². The molecule has 0 spiro atoms. The van der Waals surface area contributed by atoms with Crippen molar-refractivity contribution in [2.75, 3.05) is 7.11 Å². The number of rotatable bonds is 6. The van der Waals surface area contributed by atoms with Gasteiger partial charge in [0, 0.05) is 24.2 Å². The van der Waals surface area contributed by atoms with Gasteiger partial charge >= 0.3 is 0 Å². The average Bonchev–Trinajstić information content (AvgIpc) is 3.34. The molecule has 0 aliphatic rings. The number of benzene rings is 2. The molecular weight excluding hydrogens is 360 g/mol. The van der Waals surface area contributed by atoms with E-state index in [0.717, 1.165) is 39.3 Å². The Kier molecular flexibility index (Phi) is 4.93. The minimum absolute atomic E-state index is 0.633. The van der Waals surface area contributed by atoms with Gasteiger partial charge in [-0.1, -0.05) is 47.3 Å². The molecule has 0 N–H and O–H groups in total. The van der Waals surface area contributed by atoms with Gasteiger partial charge in [-0.2, -0.15) is 0 Å². The molecule has 2 aromatic heterocycles. The van der Waals surface area contributed by atoms with Gasteiger partial charge in [-0.25, -0.2) is 0 Å². The second-order valence-electron chi connectivity index (χ2n) is 5.93. The maximum Gasteiger partial charge on any atom is 0.191 e. The van der Waals surface area contributed by atoms with Gasteiger partial charge in [-0.05, 0) is 24.3 Å². The molecule has 7 heteroatoms. The zero-order valence-electron chi connectivity index (χ0n) is 15.0. The van der Waals surface area contributed by atoms with Gasteiger partial charge in [-0.15, -0.1) is 10.2 Å². The lowest BCUT2D eigenvalue weighted by Crippen LogP contribution is -1.95. The van der Waals surface area contributed by atoms with Gasteiger partial charge in [-0.3, -0.25) is 0 Å². The maximum atomic E-state index is 5.46. The zero-order chi connectivity index (χ0) is 18.6. The Labute approximate surface area is 161 Å². The summed E-state index contributed by atoms with van der Waals surface area (Å²) in [5.74, 6) is 3.06. The average molecular weight is 378 g/mol. The second kappa shape index (κ2) is 7.67. The second-order valence-corrected chi connectivity index (χ2v) is 6.87. The van der Waals surface area contributed by atoms with Crippen LogP contribution in [0.1, 0.15) is 5.76 Å². The summed E-state index contributed by atoms with van der Waals surface area (Å²) in [4.78, 5) is 0. The third kappa shape index (κ3) is 3.73. The van der Waals surface area contributed by atoms with Crippen LogP contribution in [-0.4, -0.2) is 27.0 Å². The molecule has 0 aliphatic carbocycles. The van der Waals surface area contributed by atoms with Gasteiger partial charge in [0.05, 0.1) is 12.9 Å². The van der Waals surface area contributed by atoms with Crippen molar-refractivity contribution in [1.82, 2.24) is 19.9 Å². The van der Waals surface area contributed by atoms with Crippen LogP contribution >= 0.6 is 11.8 Å². The monoisotopic (exact) mass is 378 g/mol. The van der Waals surface area contributed by atoms with Crippen LogP contribution in [0.25, 0.3) is 22.6 Å². The molecule has 0 amide bonds. The SMILES string of the molecule is COc1ccc(-c2nnc(SCc3cc(-c4ccccc4)no3)n2C)cc1. The molecule has 2 aromatic carbocycles. The van der Waals surface area contributed by atoms with Crippen LogP contribution in [0.4, 0.5) is 0 Å². The van der Waals surface area contributed by atoms with E-state index in [2.05, 4.69) is 15.4 Å². The fourth-order valence-corrected chi connectivity index (χ4v) is 3.48. The summed E-state index contributed by atoms with van der Waals surface area (Å²) >= 11 is 1.56. The molecular formula is C20H18N4O2S. The van der Waals surface area contributed by atoms with Crippen LogP contribution < -0.4 is 4.74 Å². The zero-order valence-corrected chi connectivity index (χ0v) is 15.8. The molecule has 0 aliphatic heterocycles. The minimum atomic E-state index is 0.633. The van der Waals surface area contributed by atoms with Crippen molar-refractivity contribution in [3.63, 3.8) is 0 Å². The topological polar surface area (TPSA) is 66.0 Å². The number of hydrogen-bond donors (Lipinski definition) is 0. The number of thioether (sulfide) groups is 1. The van der Waals surface area contributed by atoms with E-state index < -0.39 is 0 Å². The lowest BCUT2D eigenvalue weighted by atomic mass is 10.1. The van der Waals surface area contributed by atoms with Crippen molar-refractivity contribution in [3.8, 4) is 28.4 Å². The highest BCUT2D eigenvalue weighted by Crippen LogP contribution is 2.27. The highest BCUT2D eigenvalue weighted by Gasteiger charge is 2.13. The van der Waals surface area contributed by atoms with E-state index in [1.54, 1.807) is 18.9 Å². The van der Waals surface area contributed by atoms with E-state index in [1.165, 1.54) is 0 Å². The van der Waals surface area contributed by atoms with E-state index in [9.17, 15) is 0 Å². The van der Waals surface area contributed by atoms with Crippen molar-refractivity contribution in [1.29, 1.82) is 0 Å². The molecule has 6 nitrogen and oxygen atoms in total. The minimum Gasteiger partial charge on any atom is -0.497 e. The standard InChI is InChI=1S/C20H18N4O2S/c1-24-19(15-8-10-16(25-2)11-9-15)21-22-20(24)27-13-17-12-18(23-26-17)14-6-4-3-5-7-14/h3-12H,13H2,1-2H3. The van der Waals surface area contributed by atoms with Crippen molar-refractivity contribution < 1.29 is 9.26 Å². The molecule has 4 rings (SSSR count). The highest BCUT2D eigenvalue weighted by atomic mass is 32.2. The Balaban J connectivity index is 1.46. The summed E-state index contributed by atoms with van der Waals surface area (Å²) in [6, 6.07) is 19.7. The van der Waals surface area contributed by atoms with E-state index in [-0.39, 0.29) is 0 Å². The number of nitrogens with zero attached hydrogens (tertiary/aromatic N) is 4. The molecule has 0 radical (unpaired) electrons. The van der Waals surface area contributed by atoms with Crippen molar-refractivity contribution in [2.24, 2.45) is 7.05 Å². The van der Waals surface area contributed by atoms with Gasteiger partial charge in [0.25, 0.3) is 0 Å². The molecule has 0 saturated carbocycles. The number of methoxy groups -OCH3 is 1. The lowest BCUT2D eigenvalue weighted by Gasteiger charge is -2.04. The molecule has 0 bridgehead atoms. The molecule has 0 unspecified atom stereocenters. The normalized spacial score (nSPS) is 10.9. The summed E-state index contributed by atoms with van der Waals surface area (Å²) in [5.41, 5.74) is 2.87. The van der Waals surface area contributed by atoms with Crippen molar-refractivity contribution >= 4 is 11.8 Å². The number of aromatic nitrogens is 4. The van der Waals surface area contributed by atoms with E-state index in [1.807, 2.05) is 72.3 Å². The summed E-state index contributed by atoms with van der Waals surface area (Å²) in [6.07, 6.45) is 0. The summed E-state index contributed by atoms with van der Waals surface area (Å²) in [5, 5.41) is 13.6. The predicted molar refractivity (Wildman–Crippen MR) is 104 cm³/mol. The Hall–Kier alpha value is -3.06. The summed E-state index contributed by atoms with van der Waals surface area (Å²) < 4.78 is 12.6. The maximum absolute atomic E-state index is 5.46. The summed E-state index contributed by atoms with van der Waals surface area (Å²) in [6.45, 7) is 0. The molecule has 0 fully saturated rings. The smallest absolute Gasteiger partial charge is 0.191 e. The molecule has 0 saturated heterocycles. The third-order valence-electron chi connectivity index (χ3n) is 4.16. The Bertz CT molecular complexity index is 1030. The van der Waals surface area contributed by atoms with Crippen LogP contribution in [0.15, 0.2) is 70.3 Å². The van der Waals surface area contributed by atoms with Crippen LogP contribution in [-0.2, 0) is 12.8 Å². The quantitative estimate of drug-likeness (QED) is 0.462. The van der Waals surface area contributed by atoms with E-state index in [0.29, 0.717) is 5.75 Å². The Morgan fingerprint density at radius 3 is 2.52 bits per heavy atom. The van der Waals surface area contributed by atoms with E-state index >= 15 is 0 Å². The fraction of sp³-hybridized carbons (Fsp3) is 0.150. The van der Waals surface area contributed by atoms with Crippen LogP contribution in [0.2, 0.25) is 0 Å². The molecule has 27 heavy (non-hydrogen) atoms. The van der Waals surface area contributed by atoms with Crippen molar-refractivity contribution in [2.45, 2.75) is 10.9 Å². The largest absolute Gasteiger partial charge is 0.497 e. The molecule has 0 atom stereocenters. The fourth-order valence-electron chi connectivity index (χ4n) is 2.69. The first-order valence-corrected chi connectivity index (χ1v) is 9.41. The lowest BCUT2D eigenvalue weighted by molar-refractivity contribution is 0.397.